The van der Waals surface area contributed by atoms with Crippen LogP contribution in [0.1, 0.15) is 22.8 Å². The summed E-state index contributed by atoms with van der Waals surface area (Å²) in [5.41, 5.74) is 1.91. The fourth-order valence-electron chi connectivity index (χ4n) is 1.92. The first-order chi connectivity index (χ1) is 8.63. The molecule has 2 rings (SSSR count). The Morgan fingerprint density at radius 2 is 1.89 bits per heavy atom. The number of aliphatic hydroxyl groups is 1. The maximum absolute atomic E-state index is 14.0. The molecule has 0 saturated heterocycles. The quantitative estimate of drug-likeness (QED) is 0.901. The van der Waals surface area contributed by atoms with Crippen LogP contribution in [-0.2, 0) is 0 Å². The summed E-state index contributed by atoms with van der Waals surface area (Å²) in [5.74, 6) is -0.381. The SMILES string of the molecule is COc1cccc(C(O)c2cccc(C)c2)c1F. The van der Waals surface area contributed by atoms with E-state index in [1.807, 2.05) is 25.1 Å². The summed E-state index contributed by atoms with van der Waals surface area (Å²) in [7, 11) is 1.40. The monoisotopic (exact) mass is 246 g/mol. The number of rotatable bonds is 3. The Morgan fingerprint density at radius 3 is 2.56 bits per heavy atom. The first-order valence-corrected chi connectivity index (χ1v) is 5.70. The van der Waals surface area contributed by atoms with E-state index in [0.29, 0.717) is 5.56 Å². The van der Waals surface area contributed by atoms with Crippen molar-refractivity contribution in [1.82, 2.24) is 0 Å². The lowest BCUT2D eigenvalue weighted by Gasteiger charge is -2.14. The van der Waals surface area contributed by atoms with Gasteiger partial charge in [0.25, 0.3) is 0 Å². The molecule has 0 amide bonds. The lowest BCUT2D eigenvalue weighted by atomic mass is 9.99. The molecule has 0 aliphatic rings. The topological polar surface area (TPSA) is 29.5 Å². The molecule has 1 atom stereocenters. The van der Waals surface area contributed by atoms with E-state index in [1.54, 1.807) is 18.2 Å². The summed E-state index contributed by atoms with van der Waals surface area (Å²) in [6.07, 6.45) is -0.986. The molecule has 2 nitrogen and oxygen atoms in total. The van der Waals surface area contributed by atoms with E-state index in [0.717, 1.165) is 5.56 Å². The van der Waals surface area contributed by atoms with Gasteiger partial charge in [-0.05, 0) is 18.6 Å². The summed E-state index contributed by atoms with van der Waals surface area (Å²) in [6, 6.07) is 12.1. The van der Waals surface area contributed by atoms with Gasteiger partial charge in [-0.1, -0.05) is 42.0 Å². The zero-order valence-corrected chi connectivity index (χ0v) is 10.4. The van der Waals surface area contributed by atoms with Crippen LogP contribution in [0.5, 0.6) is 5.75 Å². The van der Waals surface area contributed by atoms with Gasteiger partial charge in [0, 0.05) is 5.56 Å². The van der Waals surface area contributed by atoms with Crippen LogP contribution in [-0.4, -0.2) is 12.2 Å². The average molecular weight is 246 g/mol. The number of benzene rings is 2. The minimum atomic E-state index is -0.986. The Balaban J connectivity index is 2.43. The highest BCUT2D eigenvalue weighted by Gasteiger charge is 2.17. The molecule has 0 aliphatic carbocycles. The van der Waals surface area contributed by atoms with Gasteiger partial charge >= 0.3 is 0 Å². The Labute approximate surface area is 106 Å². The molecule has 0 heterocycles. The first-order valence-electron chi connectivity index (χ1n) is 5.70. The van der Waals surface area contributed by atoms with Crippen molar-refractivity contribution in [3.05, 3.63) is 65.0 Å². The van der Waals surface area contributed by atoms with Crippen molar-refractivity contribution in [3.8, 4) is 5.75 Å². The second-order valence-electron chi connectivity index (χ2n) is 4.18. The predicted octanol–water partition coefficient (Wildman–Crippen LogP) is 3.22. The number of ether oxygens (including phenoxy) is 1. The third-order valence-corrected chi connectivity index (χ3v) is 2.87. The van der Waals surface area contributed by atoms with E-state index >= 15 is 0 Å². The second-order valence-corrected chi connectivity index (χ2v) is 4.18. The molecule has 3 heteroatoms. The van der Waals surface area contributed by atoms with E-state index in [-0.39, 0.29) is 11.3 Å². The van der Waals surface area contributed by atoms with Gasteiger partial charge in [-0.2, -0.15) is 0 Å². The highest BCUT2D eigenvalue weighted by molar-refractivity contribution is 5.38. The zero-order chi connectivity index (χ0) is 13.1. The highest BCUT2D eigenvalue weighted by Crippen LogP contribution is 2.29. The smallest absolute Gasteiger partial charge is 0.171 e. The van der Waals surface area contributed by atoms with Gasteiger partial charge in [0.2, 0.25) is 0 Å². The molecule has 1 N–H and O–H groups in total. The molecule has 1 unspecified atom stereocenters. The van der Waals surface area contributed by atoms with E-state index in [2.05, 4.69) is 0 Å². The third kappa shape index (κ3) is 2.36. The Morgan fingerprint density at radius 1 is 1.17 bits per heavy atom. The van der Waals surface area contributed by atoms with Crippen LogP contribution >= 0.6 is 0 Å². The summed E-state index contributed by atoms with van der Waals surface area (Å²) in [4.78, 5) is 0. The lowest BCUT2D eigenvalue weighted by molar-refractivity contribution is 0.213. The van der Waals surface area contributed by atoms with E-state index in [9.17, 15) is 9.50 Å². The number of methoxy groups -OCH3 is 1. The van der Waals surface area contributed by atoms with Crippen LogP contribution in [0.25, 0.3) is 0 Å². The first kappa shape index (κ1) is 12.6. The van der Waals surface area contributed by atoms with E-state index < -0.39 is 11.9 Å². The Bertz CT molecular complexity index is 552. The average Bonchev–Trinajstić information content (AvgIpc) is 2.38. The van der Waals surface area contributed by atoms with Gasteiger partial charge < -0.3 is 9.84 Å². The minimum absolute atomic E-state index is 0.138. The van der Waals surface area contributed by atoms with Crippen LogP contribution in [0.15, 0.2) is 42.5 Å². The number of halogens is 1. The molecule has 0 bridgehead atoms. The zero-order valence-electron chi connectivity index (χ0n) is 10.4. The molecule has 0 radical (unpaired) electrons. The fourth-order valence-corrected chi connectivity index (χ4v) is 1.92. The normalized spacial score (nSPS) is 12.2. The van der Waals surface area contributed by atoms with E-state index in [4.69, 9.17) is 4.74 Å². The maximum atomic E-state index is 14.0. The van der Waals surface area contributed by atoms with Crippen molar-refractivity contribution < 1.29 is 14.2 Å². The summed E-state index contributed by atoms with van der Waals surface area (Å²) in [5, 5.41) is 10.2. The molecule has 2 aromatic carbocycles. The van der Waals surface area contributed by atoms with Crippen LogP contribution in [0.2, 0.25) is 0 Å². The lowest BCUT2D eigenvalue weighted by Crippen LogP contribution is -2.04. The second kappa shape index (κ2) is 5.19. The third-order valence-electron chi connectivity index (χ3n) is 2.87. The fraction of sp³-hybridized carbons (Fsp3) is 0.200. The number of aryl methyl sites for hydroxylation is 1. The van der Waals surface area contributed by atoms with Crippen molar-refractivity contribution >= 4 is 0 Å². The molecule has 0 spiro atoms. The van der Waals surface area contributed by atoms with E-state index in [1.165, 1.54) is 13.2 Å². The maximum Gasteiger partial charge on any atom is 0.171 e. The summed E-state index contributed by atoms with van der Waals surface area (Å²) < 4.78 is 18.9. The van der Waals surface area contributed by atoms with Crippen molar-refractivity contribution in [1.29, 1.82) is 0 Å². The molecule has 0 aliphatic heterocycles. The van der Waals surface area contributed by atoms with Crippen LogP contribution in [0, 0.1) is 12.7 Å². The molecule has 18 heavy (non-hydrogen) atoms. The highest BCUT2D eigenvalue weighted by atomic mass is 19.1. The predicted molar refractivity (Wildman–Crippen MR) is 68.2 cm³/mol. The molecule has 0 saturated carbocycles. The Kier molecular flexibility index (Phi) is 3.63. The van der Waals surface area contributed by atoms with Gasteiger partial charge in [0.1, 0.15) is 6.10 Å². The van der Waals surface area contributed by atoms with Gasteiger partial charge in [-0.3, -0.25) is 0 Å². The number of aliphatic hydroxyl groups excluding tert-OH is 1. The molecule has 0 fully saturated rings. The van der Waals surface area contributed by atoms with Crippen molar-refractivity contribution in [2.24, 2.45) is 0 Å². The standard InChI is InChI=1S/C15H15FO2/c1-10-5-3-6-11(9-10)15(17)12-7-4-8-13(18-2)14(12)16/h3-9,15,17H,1-2H3. The van der Waals surface area contributed by atoms with Crippen LogP contribution in [0.3, 0.4) is 0 Å². The molecule has 0 aromatic heterocycles. The number of hydrogen-bond acceptors (Lipinski definition) is 2. The molecule has 94 valence electrons. The van der Waals surface area contributed by atoms with Gasteiger partial charge in [0.05, 0.1) is 7.11 Å². The summed E-state index contributed by atoms with van der Waals surface area (Å²) >= 11 is 0. The molecule has 2 aromatic rings. The van der Waals surface area contributed by atoms with Crippen molar-refractivity contribution in [2.45, 2.75) is 13.0 Å². The van der Waals surface area contributed by atoms with Crippen molar-refractivity contribution in [3.63, 3.8) is 0 Å². The molecular weight excluding hydrogens is 231 g/mol. The van der Waals surface area contributed by atoms with Crippen molar-refractivity contribution in [2.75, 3.05) is 7.11 Å². The number of hydrogen-bond donors (Lipinski definition) is 1. The minimum Gasteiger partial charge on any atom is -0.494 e. The summed E-state index contributed by atoms with van der Waals surface area (Å²) in [6.45, 7) is 1.93. The van der Waals surface area contributed by atoms with Crippen LogP contribution < -0.4 is 4.74 Å². The van der Waals surface area contributed by atoms with Gasteiger partial charge in [-0.25, -0.2) is 4.39 Å². The van der Waals surface area contributed by atoms with Gasteiger partial charge in [0.15, 0.2) is 11.6 Å². The van der Waals surface area contributed by atoms with Crippen LogP contribution in [0.4, 0.5) is 4.39 Å². The van der Waals surface area contributed by atoms with Gasteiger partial charge in [-0.15, -0.1) is 0 Å². The largest absolute Gasteiger partial charge is 0.494 e. The Hall–Kier alpha value is -1.87. The molecular formula is C15H15FO2.